The summed E-state index contributed by atoms with van der Waals surface area (Å²) in [6.45, 7) is 6.22. The molecule has 0 aliphatic rings. The fraction of sp³-hybridized carbons (Fsp3) is 0.208. The number of halogens is 1. The molecule has 5 nitrogen and oxygen atoms in total. The third kappa shape index (κ3) is 4.70. The molecule has 0 saturated heterocycles. The highest BCUT2D eigenvalue weighted by molar-refractivity contribution is 7.23. The van der Waals surface area contributed by atoms with Crippen molar-refractivity contribution < 1.29 is 9.53 Å². The smallest absolute Gasteiger partial charge is 0.260 e. The molecule has 1 amide bonds. The molecule has 4 rings (SSSR count). The number of ether oxygens (including phenoxy) is 1. The zero-order chi connectivity index (χ0) is 22.0. The number of anilines is 1. The number of thiazole rings is 1. The standard InChI is InChI=1S/C24H22ClN3O2S/c1-15(2)30-19-10-8-17(9-11-19)23(29)28(14-18-6-4-5-13-26-18)24-27-21-16(3)7-12-20(25)22(21)31-24/h4-13,15H,14H2,1-3H3. The molecular formula is C24H22ClN3O2S. The van der Waals surface area contributed by atoms with Crippen molar-refractivity contribution in [2.24, 2.45) is 0 Å². The Morgan fingerprint density at radius 3 is 2.55 bits per heavy atom. The molecule has 0 atom stereocenters. The van der Waals surface area contributed by atoms with E-state index in [-0.39, 0.29) is 12.0 Å². The van der Waals surface area contributed by atoms with Crippen LogP contribution in [0.25, 0.3) is 10.2 Å². The van der Waals surface area contributed by atoms with Crippen molar-refractivity contribution in [1.29, 1.82) is 0 Å². The van der Waals surface area contributed by atoms with E-state index < -0.39 is 0 Å². The Balaban J connectivity index is 1.73. The molecule has 0 radical (unpaired) electrons. The average molecular weight is 452 g/mol. The van der Waals surface area contributed by atoms with E-state index in [4.69, 9.17) is 21.3 Å². The maximum atomic E-state index is 13.5. The predicted octanol–water partition coefficient (Wildman–Crippen LogP) is 6.29. The summed E-state index contributed by atoms with van der Waals surface area (Å²) in [5.41, 5.74) is 3.15. The SMILES string of the molecule is Cc1ccc(Cl)c2sc(N(Cc3ccccn3)C(=O)c3ccc(OC(C)C)cc3)nc12. The molecule has 0 fully saturated rings. The summed E-state index contributed by atoms with van der Waals surface area (Å²) in [5.74, 6) is 0.569. The van der Waals surface area contributed by atoms with Crippen LogP contribution in [0.1, 0.15) is 35.5 Å². The van der Waals surface area contributed by atoms with Gasteiger partial charge >= 0.3 is 0 Å². The van der Waals surface area contributed by atoms with Crippen molar-refractivity contribution in [2.45, 2.75) is 33.4 Å². The second kappa shape index (κ2) is 9.04. The number of pyridine rings is 1. The maximum Gasteiger partial charge on any atom is 0.260 e. The van der Waals surface area contributed by atoms with Gasteiger partial charge in [-0.05, 0) is 68.8 Å². The fourth-order valence-corrected chi connectivity index (χ4v) is 4.50. The van der Waals surface area contributed by atoms with Gasteiger partial charge in [0, 0.05) is 11.8 Å². The minimum atomic E-state index is -0.158. The number of aromatic nitrogens is 2. The van der Waals surface area contributed by atoms with E-state index in [2.05, 4.69) is 4.98 Å². The number of rotatable bonds is 6. The van der Waals surface area contributed by atoms with Crippen LogP contribution in [0.2, 0.25) is 5.02 Å². The van der Waals surface area contributed by atoms with Gasteiger partial charge in [0.1, 0.15) is 5.75 Å². The number of aryl methyl sites for hydroxylation is 1. The number of fused-ring (bicyclic) bond motifs is 1. The molecule has 31 heavy (non-hydrogen) atoms. The highest BCUT2D eigenvalue weighted by atomic mass is 35.5. The van der Waals surface area contributed by atoms with Crippen LogP contribution in [0.5, 0.6) is 5.75 Å². The van der Waals surface area contributed by atoms with Gasteiger partial charge in [-0.1, -0.05) is 35.1 Å². The molecule has 0 bridgehead atoms. The molecule has 0 saturated carbocycles. The third-order valence-corrected chi connectivity index (χ3v) is 6.22. The Labute approximate surface area is 190 Å². The summed E-state index contributed by atoms with van der Waals surface area (Å²) in [6, 6.07) is 16.6. The molecule has 0 aliphatic carbocycles. The Hall–Kier alpha value is -2.96. The van der Waals surface area contributed by atoms with Crippen molar-refractivity contribution in [3.05, 3.63) is 82.6 Å². The minimum absolute atomic E-state index is 0.0675. The van der Waals surface area contributed by atoms with Gasteiger partial charge in [0.05, 0.1) is 33.6 Å². The van der Waals surface area contributed by atoms with Crippen molar-refractivity contribution in [3.8, 4) is 5.75 Å². The van der Waals surface area contributed by atoms with Gasteiger partial charge in [0.25, 0.3) is 5.91 Å². The van der Waals surface area contributed by atoms with E-state index in [1.807, 2.05) is 63.2 Å². The van der Waals surface area contributed by atoms with Gasteiger partial charge in [-0.2, -0.15) is 0 Å². The molecule has 2 heterocycles. The summed E-state index contributed by atoms with van der Waals surface area (Å²) in [5, 5.41) is 1.22. The largest absolute Gasteiger partial charge is 0.491 e. The Morgan fingerprint density at radius 2 is 1.90 bits per heavy atom. The first kappa shape index (κ1) is 21.3. The van der Waals surface area contributed by atoms with Crippen LogP contribution in [0, 0.1) is 6.92 Å². The monoisotopic (exact) mass is 451 g/mol. The van der Waals surface area contributed by atoms with Crippen molar-refractivity contribution in [1.82, 2.24) is 9.97 Å². The van der Waals surface area contributed by atoms with Crippen LogP contribution >= 0.6 is 22.9 Å². The highest BCUT2D eigenvalue weighted by Gasteiger charge is 2.23. The molecule has 2 aromatic carbocycles. The number of amides is 1. The second-order valence-corrected chi connectivity index (χ2v) is 8.83. The zero-order valence-corrected chi connectivity index (χ0v) is 19.1. The first-order valence-corrected chi connectivity index (χ1v) is 11.2. The number of carbonyl (C=O) groups excluding carboxylic acids is 1. The van der Waals surface area contributed by atoms with Crippen LogP contribution in [0.15, 0.2) is 60.8 Å². The molecule has 0 spiro atoms. The van der Waals surface area contributed by atoms with E-state index in [1.165, 1.54) is 11.3 Å². The molecule has 7 heteroatoms. The number of hydrogen-bond donors (Lipinski definition) is 0. The van der Waals surface area contributed by atoms with Gasteiger partial charge < -0.3 is 4.74 Å². The average Bonchev–Trinajstić information content (AvgIpc) is 3.22. The van der Waals surface area contributed by atoms with E-state index in [1.54, 1.807) is 23.2 Å². The number of hydrogen-bond acceptors (Lipinski definition) is 5. The van der Waals surface area contributed by atoms with Crippen LogP contribution in [0.3, 0.4) is 0 Å². The molecular weight excluding hydrogens is 430 g/mol. The summed E-state index contributed by atoms with van der Waals surface area (Å²) < 4.78 is 6.57. The molecule has 2 aromatic heterocycles. The third-order valence-electron chi connectivity index (χ3n) is 4.68. The lowest BCUT2D eigenvalue weighted by Gasteiger charge is -2.20. The van der Waals surface area contributed by atoms with E-state index in [9.17, 15) is 4.79 Å². The molecule has 0 N–H and O–H groups in total. The molecule has 0 aliphatic heterocycles. The van der Waals surface area contributed by atoms with E-state index in [0.29, 0.717) is 22.3 Å². The normalized spacial score (nSPS) is 11.1. The molecule has 0 unspecified atom stereocenters. The Kier molecular flexibility index (Phi) is 6.20. The molecule has 158 valence electrons. The Bertz CT molecular complexity index is 1170. The lowest BCUT2D eigenvalue weighted by Crippen LogP contribution is -2.30. The van der Waals surface area contributed by atoms with E-state index >= 15 is 0 Å². The fourth-order valence-electron chi connectivity index (χ4n) is 3.19. The maximum absolute atomic E-state index is 13.5. The van der Waals surface area contributed by atoms with E-state index in [0.717, 1.165) is 27.2 Å². The summed E-state index contributed by atoms with van der Waals surface area (Å²) in [7, 11) is 0. The first-order chi connectivity index (χ1) is 14.9. The van der Waals surface area contributed by atoms with Crippen LogP contribution in [-0.2, 0) is 6.54 Å². The minimum Gasteiger partial charge on any atom is -0.491 e. The van der Waals surface area contributed by atoms with Crippen LogP contribution in [-0.4, -0.2) is 22.0 Å². The summed E-state index contributed by atoms with van der Waals surface area (Å²) in [4.78, 5) is 24.3. The summed E-state index contributed by atoms with van der Waals surface area (Å²) in [6.07, 6.45) is 1.79. The van der Waals surface area contributed by atoms with Crippen molar-refractivity contribution >= 4 is 44.2 Å². The number of benzene rings is 2. The topological polar surface area (TPSA) is 55.3 Å². The lowest BCUT2D eigenvalue weighted by atomic mass is 10.2. The highest BCUT2D eigenvalue weighted by Crippen LogP contribution is 2.36. The van der Waals surface area contributed by atoms with Crippen molar-refractivity contribution in [3.63, 3.8) is 0 Å². The number of carbonyl (C=O) groups is 1. The van der Waals surface area contributed by atoms with Crippen molar-refractivity contribution in [2.75, 3.05) is 4.90 Å². The van der Waals surface area contributed by atoms with Gasteiger partial charge in [-0.3, -0.25) is 14.7 Å². The van der Waals surface area contributed by atoms with Crippen LogP contribution in [0.4, 0.5) is 5.13 Å². The molecule has 4 aromatic rings. The zero-order valence-electron chi connectivity index (χ0n) is 17.5. The first-order valence-electron chi connectivity index (χ1n) is 9.96. The van der Waals surface area contributed by atoms with Crippen LogP contribution < -0.4 is 9.64 Å². The quantitative estimate of drug-likeness (QED) is 0.345. The Morgan fingerprint density at radius 1 is 1.13 bits per heavy atom. The predicted molar refractivity (Wildman–Crippen MR) is 126 cm³/mol. The van der Waals surface area contributed by atoms with Gasteiger partial charge in [-0.15, -0.1) is 0 Å². The number of nitrogens with zero attached hydrogens (tertiary/aromatic N) is 3. The van der Waals surface area contributed by atoms with Gasteiger partial charge in [-0.25, -0.2) is 4.98 Å². The lowest BCUT2D eigenvalue weighted by molar-refractivity contribution is 0.0984. The summed E-state index contributed by atoms with van der Waals surface area (Å²) >= 11 is 7.81. The van der Waals surface area contributed by atoms with Gasteiger partial charge in [0.2, 0.25) is 0 Å². The second-order valence-electron chi connectivity index (χ2n) is 7.44. The van der Waals surface area contributed by atoms with Gasteiger partial charge in [0.15, 0.2) is 5.13 Å².